The summed E-state index contributed by atoms with van der Waals surface area (Å²) in [7, 11) is 2.02. The van der Waals surface area contributed by atoms with E-state index in [4.69, 9.17) is 9.72 Å². The lowest BCUT2D eigenvalue weighted by atomic mass is 9.83. The van der Waals surface area contributed by atoms with E-state index in [0.717, 1.165) is 55.7 Å². The number of fused-ring (bicyclic) bond motifs is 2. The second-order valence-corrected chi connectivity index (χ2v) is 9.62. The smallest absolute Gasteiger partial charge is 0.127 e. The van der Waals surface area contributed by atoms with Crippen LogP contribution in [0.2, 0.25) is 0 Å². The lowest BCUT2D eigenvalue weighted by Gasteiger charge is -2.29. The van der Waals surface area contributed by atoms with Crippen LogP contribution in [0, 0.1) is 32.1 Å². The van der Waals surface area contributed by atoms with E-state index in [1.807, 2.05) is 82.6 Å². The van der Waals surface area contributed by atoms with Crippen molar-refractivity contribution in [2.75, 3.05) is 0 Å². The molecule has 0 fully saturated rings. The number of aliphatic hydroxyl groups is 1. The summed E-state index contributed by atoms with van der Waals surface area (Å²) in [5, 5.41) is 22.7. The zero-order valence-electron chi connectivity index (χ0n) is 20.8. The summed E-state index contributed by atoms with van der Waals surface area (Å²) < 4.78 is 8.45. The molecule has 1 aliphatic rings. The monoisotopic (exact) mass is 463 g/mol. The van der Waals surface area contributed by atoms with Gasteiger partial charge >= 0.3 is 0 Å². The van der Waals surface area contributed by atoms with Gasteiger partial charge in [-0.05, 0) is 62.1 Å². The first-order valence-corrected chi connectivity index (χ1v) is 11.8. The molecule has 1 atom stereocenters. The van der Waals surface area contributed by atoms with E-state index in [9.17, 15) is 10.4 Å². The zero-order valence-corrected chi connectivity index (χ0v) is 20.8. The molecule has 5 nitrogen and oxygen atoms in total. The highest BCUT2D eigenvalue weighted by Crippen LogP contribution is 2.46. The van der Waals surface area contributed by atoms with Crippen molar-refractivity contribution < 1.29 is 9.84 Å². The molecule has 1 aliphatic carbocycles. The van der Waals surface area contributed by atoms with Crippen molar-refractivity contribution in [3.63, 3.8) is 0 Å². The van der Waals surface area contributed by atoms with Gasteiger partial charge in [0.05, 0.1) is 22.5 Å². The summed E-state index contributed by atoms with van der Waals surface area (Å²) in [6.45, 7) is 8.14. The summed E-state index contributed by atoms with van der Waals surface area (Å²) in [4.78, 5) is 4.70. The molecule has 2 heterocycles. The number of hydrogen-bond donors (Lipinski definition) is 1. The summed E-state index contributed by atoms with van der Waals surface area (Å²) >= 11 is 0. The summed E-state index contributed by atoms with van der Waals surface area (Å²) in [6.07, 6.45) is 4.55. The van der Waals surface area contributed by atoms with Crippen molar-refractivity contribution in [3.8, 4) is 11.8 Å². The minimum absolute atomic E-state index is 0.409. The van der Waals surface area contributed by atoms with E-state index < -0.39 is 5.60 Å². The normalized spacial score (nSPS) is 14.4. The summed E-state index contributed by atoms with van der Waals surface area (Å²) in [5.74, 6) is 0.672. The number of aromatic nitrogens is 2. The van der Waals surface area contributed by atoms with Crippen LogP contribution in [0.5, 0.6) is 5.75 Å². The minimum atomic E-state index is -1.30. The van der Waals surface area contributed by atoms with Crippen LogP contribution in [0.25, 0.3) is 17.0 Å². The van der Waals surface area contributed by atoms with Crippen molar-refractivity contribution in [2.24, 2.45) is 7.05 Å². The molecule has 0 aliphatic heterocycles. The van der Waals surface area contributed by atoms with Crippen LogP contribution in [0.3, 0.4) is 0 Å². The Labute approximate surface area is 205 Å². The van der Waals surface area contributed by atoms with E-state index in [1.54, 1.807) is 0 Å². The van der Waals surface area contributed by atoms with Crippen LogP contribution < -0.4 is 4.74 Å². The Morgan fingerprint density at radius 3 is 2.63 bits per heavy atom. The number of pyridine rings is 1. The highest BCUT2D eigenvalue weighted by molar-refractivity contribution is 5.90. The maximum atomic E-state index is 12.2. The molecule has 0 saturated carbocycles. The van der Waals surface area contributed by atoms with Gasteiger partial charge < -0.3 is 14.4 Å². The number of aryl methyl sites for hydroxylation is 3. The molecule has 5 rings (SSSR count). The Kier molecular flexibility index (Phi) is 5.50. The number of nitriles is 1. The number of ether oxygens (including phenoxy) is 1. The highest BCUT2D eigenvalue weighted by atomic mass is 16.5. The van der Waals surface area contributed by atoms with Crippen LogP contribution in [0.4, 0.5) is 0 Å². The molecule has 0 bridgehead atoms. The van der Waals surface area contributed by atoms with Gasteiger partial charge in [0.1, 0.15) is 24.0 Å². The third-order valence-corrected chi connectivity index (χ3v) is 7.20. The van der Waals surface area contributed by atoms with Crippen LogP contribution >= 0.6 is 0 Å². The molecule has 1 unspecified atom stereocenters. The van der Waals surface area contributed by atoms with E-state index >= 15 is 0 Å². The van der Waals surface area contributed by atoms with Gasteiger partial charge in [-0.1, -0.05) is 36.4 Å². The average molecular weight is 464 g/mol. The fraction of sp³-hybridized carbons (Fsp3) is 0.267. The molecule has 2 aromatic heterocycles. The topological polar surface area (TPSA) is 71.1 Å². The molecule has 176 valence electrons. The lowest BCUT2D eigenvalue weighted by Crippen LogP contribution is -2.26. The molecule has 4 aromatic rings. The highest BCUT2D eigenvalue weighted by Gasteiger charge is 2.37. The van der Waals surface area contributed by atoms with Crippen molar-refractivity contribution in [1.82, 2.24) is 9.55 Å². The second kappa shape index (κ2) is 8.41. The predicted molar refractivity (Wildman–Crippen MR) is 138 cm³/mol. The molecule has 0 amide bonds. The fourth-order valence-corrected chi connectivity index (χ4v) is 5.35. The third kappa shape index (κ3) is 3.71. The van der Waals surface area contributed by atoms with Crippen molar-refractivity contribution in [1.29, 1.82) is 5.26 Å². The average Bonchev–Trinajstić information content (AvgIpc) is 3.43. The lowest BCUT2D eigenvalue weighted by molar-refractivity contribution is 0.0936. The Balaban J connectivity index is 1.64. The van der Waals surface area contributed by atoms with Gasteiger partial charge in [-0.2, -0.15) is 5.26 Å². The van der Waals surface area contributed by atoms with Gasteiger partial charge in [0.15, 0.2) is 0 Å². The predicted octanol–water partition coefficient (Wildman–Crippen LogP) is 5.80. The Hall–Kier alpha value is -3.88. The molecule has 0 radical (unpaired) electrons. The van der Waals surface area contributed by atoms with E-state index in [-0.39, 0.29) is 0 Å². The molecule has 35 heavy (non-hydrogen) atoms. The third-order valence-electron chi connectivity index (χ3n) is 7.20. The molecule has 1 N–H and O–H groups in total. The van der Waals surface area contributed by atoms with Gasteiger partial charge in [0.2, 0.25) is 0 Å². The number of benzene rings is 2. The van der Waals surface area contributed by atoms with Gasteiger partial charge in [-0.15, -0.1) is 0 Å². The van der Waals surface area contributed by atoms with Crippen molar-refractivity contribution in [2.45, 2.75) is 46.3 Å². The SMILES string of the molecule is Cc1nc2c(c(C)c1C#N)C=C(C(C)(O)c1c(OCc3ccccc3)cc(C)c3c1ccn3C)C2. The first-order chi connectivity index (χ1) is 16.7. The summed E-state index contributed by atoms with van der Waals surface area (Å²) in [5.41, 5.74) is 7.60. The molecule has 0 saturated heterocycles. The maximum Gasteiger partial charge on any atom is 0.127 e. The van der Waals surface area contributed by atoms with E-state index in [0.29, 0.717) is 24.3 Å². The van der Waals surface area contributed by atoms with Crippen LogP contribution in [-0.4, -0.2) is 14.7 Å². The fourth-order valence-electron chi connectivity index (χ4n) is 5.35. The number of nitrogens with zero attached hydrogens (tertiary/aromatic N) is 3. The van der Waals surface area contributed by atoms with E-state index in [1.165, 1.54) is 0 Å². The van der Waals surface area contributed by atoms with Gasteiger partial charge in [0.25, 0.3) is 0 Å². The Morgan fingerprint density at radius 1 is 1.17 bits per heavy atom. The van der Waals surface area contributed by atoms with Gasteiger partial charge in [-0.3, -0.25) is 4.98 Å². The van der Waals surface area contributed by atoms with Gasteiger partial charge in [0, 0.05) is 36.2 Å². The van der Waals surface area contributed by atoms with E-state index in [2.05, 4.69) is 17.6 Å². The molecular formula is C30H29N3O2. The molecule has 5 heteroatoms. The van der Waals surface area contributed by atoms with Crippen LogP contribution in [0.1, 0.15) is 51.7 Å². The molecular weight excluding hydrogens is 434 g/mol. The summed E-state index contributed by atoms with van der Waals surface area (Å²) in [6, 6.07) is 16.4. The van der Waals surface area contributed by atoms with Crippen LogP contribution in [0.15, 0.2) is 54.2 Å². The standard InChI is InChI=1S/C30H29N3O2/c1-18-13-27(35-17-21-9-7-6-8-10-21)28(23-11-12-33(5)29(18)23)30(4,34)22-14-24-19(2)25(16-31)20(3)32-26(24)15-22/h6-14,34H,15,17H2,1-5H3. The first-order valence-electron chi connectivity index (χ1n) is 11.8. The maximum absolute atomic E-state index is 12.2. The number of rotatable bonds is 5. The Bertz CT molecular complexity index is 1540. The largest absolute Gasteiger partial charge is 0.488 e. The van der Waals surface area contributed by atoms with Crippen molar-refractivity contribution >= 4 is 17.0 Å². The number of hydrogen-bond acceptors (Lipinski definition) is 4. The quantitative estimate of drug-likeness (QED) is 0.406. The minimum Gasteiger partial charge on any atom is -0.488 e. The van der Waals surface area contributed by atoms with Gasteiger partial charge in [-0.25, -0.2) is 0 Å². The Morgan fingerprint density at radius 2 is 1.91 bits per heavy atom. The van der Waals surface area contributed by atoms with Crippen molar-refractivity contribution in [3.05, 3.63) is 99.0 Å². The second-order valence-electron chi connectivity index (χ2n) is 9.62. The zero-order chi connectivity index (χ0) is 24.9. The van der Waals surface area contributed by atoms with Crippen LogP contribution in [-0.2, 0) is 25.7 Å². The molecule has 0 spiro atoms. The first kappa shape index (κ1) is 22.9. The molecule has 2 aromatic carbocycles.